The normalized spacial score (nSPS) is 10.8. The van der Waals surface area contributed by atoms with E-state index in [2.05, 4.69) is 30.1 Å². The SMILES string of the molecule is CCCCCCN(C)CC(=O)Nc1cccc(C)c1C. The van der Waals surface area contributed by atoms with E-state index in [1.54, 1.807) is 0 Å². The van der Waals surface area contributed by atoms with Crippen molar-refractivity contribution in [3.63, 3.8) is 0 Å². The molecule has 3 heteroatoms. The first-order valence-corrected chi connectivity index (χ1v) is 7.59. The number of likely N-dealkylation sites (N-methyl/N-ethyl adjacent to an activating group) is 1. The number of anilines is 1. The molecule has 0 unspecified atom stereocenters. The van der Waals surface area contributed by atoms with Crippen molar-refractivity contribution < 1.29 is 4.79 Å². The topological polar surface area (TPSA) is 32.3 Å². The summed E-state index contributed by atoms with van der Waals surface area (Å²) < 4.78 is 0. The molecule has 0 saturated carbocycles. The Labute approximate surface area is 123 Å². The van der Waals surface area contributed by atoms with E-state index in [1.807, 2.05) is 26.1 Å². The van der Waals surface area contributed by atoms with E-state index < -0.39 is 0 Å². The van der Waals surface area contributed by atoms with Crippen molar-refractivity contribution in [1.82, 2.24) is 4.90 Å². The summed E-state index contributed by atoms with van der Waals surface area (Å²) in [6.45, 7) is 7.76. The third-order valence-electron chi connectivity index (χ3n) is 3.69. The van der Waals surface area contributed by atoms with Crippen LogP contribution in [0.4, 0.5) is 5.69 Å². The van der Waals surface area contributed by atoms with Gasteiger partial charge in [-0.3, -0.25) is 9.69 Å². The first kappa shape index (κ1) is 16.7. The number of unbranched alkanes of at least 4 members (excludes halogenated alkanes) is 3. The highest BCUT2D eigenvalue weighted by atomic mass is 16.2. The molecule has 0 saturated heterocycles. The average Bonchev–Trinajstić information content (AvgIpc) is 2.40. The Bertz CT molecular complexity index is 429. The number of carbonyl (C=O) groups is 1. The van der Waals surface area contributed by atoms with Crippen LogP contribution in [0.15, 0.2) is 18.2 Å². The molecule has 0 aliphatic heterocycles. The average molecular weight is 276 g/mol. The lowest BCUT2D eigenvalue weighted by atomic mass is 10.1. The van der Waals surface area contributed by atoms with Gasteiger partial charge in [0.05, 0.1) is 6.54 Å². The van der Waals surface area contributed by atoms with Gasteiger partial charge in [0.1, 0.15) is 0 Å². The second-order valence-corrected chi connectivity index (χ2v) is 5.59. The molecular formula is C17H28N2O. The number of aryl methyl sites for hydroxylation is 1. The van der Waals surface area contributed by atoms with Crippen molar-refractivity contribution in [2.45, 2.75) is 46.5 Å². The molecule has 0 aliphatic carbocycles. The van der Waals surface area contributed by atoms with Gasteiger partial charge >= 0.3 is 0 Å². The molecule has 0 radical (unpaired) electrons. The minimum absolute atomic E-state index is 0.0664. The number of hydrogen-bond donors (Lipinski definition) is 1. The van der Waals surface area contributed by atoms with Crippen LogP contribution in [0, 0.1) is 13.8 Å². The van der Waals surface area contributed by atoms with Gasteiger partial charge in [-0.1, -0.05) is 38.3 Å². The smallest absolute Gasteiger partial charge is 0.238 e. The van der Waals surface area contributed by atoms with Crippen LogP contribution in [-0.4, -0.2) is 30.9 Å². The van der Waals surface area contributed by atoms with Gasteiger partial charge in [0.15, 0.2) is 0 Å². The number of benzene rings is 1. The second kappa shape index (κ2) is 8.75. The van der Waals surface area contributed by atoms with Crippen molar-refractivity contribution >= 4 is 11.6 Å². The fourth-order valence-electron chi connectivity index (χ4n) is 2.21. The maximum Gasteiger partial charge on any atom is 0.238 e. The summed E-state index contributed by atoms with van der Waals surface area (Å²) >= 11 is 0. The van der Waals surface area contributed by atoms with Crippen LogP contribution in [0.3, 0.4) is 0 Å². The first-order chi connectivity index (χ1) is 9.54. The van der Waals surface area contributed by atoms with Crippen molar-refractivity contribution in [2.24, 2.45) is 0 Å². The van der Waals surface area contributed by atoms with E-state index in [9.17, 15) is 4.79 Å². The number of carbonyl (C=O) groups excluding carboxylic acids is 1. The number of rotatable bonds is 8. The third-order valence-corrected chi connectivity index (χ3v) is 3.69. The summed E-state index contributed by atoms with van der Waals surface area (Å²) in [5.41, 5.74) is 3.27. The van der Waals surface area contributed by atoms with Crippen LogP contribution in [0.2, 0.25) is 0 Å². The first-order valence-electron chi connectivity index (χ1n) is 7.59. The van der Waals surface area contributed by atoms with Gasteiger partial charge in [-0.15, -0.1) is 0 Å². The second-order valence-electron chi connectivity index (χ2n) is 5.59. The summed E-state index contributed by atoms with van der Waals surface area (Å²) in [7, 11) is 2.01. The maximum atomic E-state index is 12.0. The number of nitrogens with zero attached hydrogens (tertiary/aromatic N) is 1. The lowest BCUT2D eigenvalue weighted by molar-refractivity contribution is -0.117. The van der Waals surface area contributed by atoms with E-state index in [4.69, 9.17) is 0 Å². The minimum atomic E-state index is 0.0664. The molecule has 112 valence electrons. The molecule has 0 aliphatic rings. The third kappa shape index (κ3) is 5.74. The zero-order valence-corrected chi connectivity index (χ0v) is 13.3. The van der Waals surface area contributed by atoms with Crippen LogP contribution in [0.5, 0.6) is 0 Å². The fraction of sp³-hybridized carbons (Fsp3) is 0.588. The van der Waals surface area contributed by atoms with E-state index in [0.29, 0.717) is 6.54 Å². The monoisotopic (exact) mass is 276 g/mol. The molecule has 3 nitrogen and oxygen atoms in total. The van der Waals surface area contributed by atoms with Crippen LogP contribution >= 0.6 is 0 Å². The molecular weight excluding hydrogens is 248 g/mol. The predicted octanol–water partition coefficient (Wildman–Crippen LogP) is 3.75. The van der Waals surface area contributed by atoms with E-state index in [0.717, 1.165) is 17.8 Å². The summed E-state index contributed by atoms with van der Waals surface area (Å²) in [4.78, 5) is 14.1. The molecule has 1 aromatic carbocycles. The van der Waals surface area contributed by atoms with Gasteiger partial charge in [0.2, 0.25) is 5.91 Å². The molecule has 1 rings (SSSR count). The summed E-state index contributed by atoms with van der Waals surface area (Å²) in [5, 5.41) is 3.00. The van der Waals surface area contributed by atoms with Crippen LogP contribution in [-0.2, 0) is 4.79 Å². The van der Waals surface area contributed by atoms with Gasteiger partial charge in [-0.25, -0.2) is 0 Å². The molecule has 20 heavy (non-hydrogen) atoms. The Hall–Kier alpha value is -1.35. The summed E-state index contributed by atoms with van der Waals surface area (Å²) in [6, 6.07) is 6.00. The van der Waals surface area contributed by atoms with Crippen LogP contribution < -0.4 is 5.32 Å². The fourth-order valence-corrected chi connectivity index (χ4v) is 2.21. The Morgan fingerprint density at radius 3 is 2.65 bits per heavy atom. The Kier molecular flexibility index (Phi) is 7.31. The maximum absolute atomic E-state index is 12.0. The van der Waals surface area contributed by atoms with Crippen molar-refractivity contribution in [3.8, 4) is 0 Å². The number of hydrogen-bond acceptors (Lipinski definition) is 2. The Balaban J connectivity index is 2.37. The van der Waals surface area contributed by atoms with Gasteiger partial charge in [-0.2, -0.15) is 0 Å². The zero-order chi connectivity index (χ0) is 15.0. The highest BCUT2D eigenvalue weighted by Gasteiger charge is 2.08. The van der Waals surface area contributed by atoms with E-state index >= 15 is 0 Å². The predicted molar refractivity (Wildman–Crippen MR) is 86.2 cm³/mol. The largest absolute Gasteiger partial charge is 0.325 e. The molecule has 1 amide bonds. The van der Waals surface area contributed by atoms with Crippen molar-refractivity contribution in [2.75, 3.05) is 25.5 Å². The Morgan fingerprint density at radius 2 is 1.95 bits per heavy atom. The summed E-state index contributed by atoms with van der Waals surface area (Å²) in [6.07, 6.45) is 4.94. The zero-order valence-electron chi connectivity index (χ0n) is 13.3. The van der Waals surface area contributed by atoms with Crippen LogP contribution in [0.25, 0.3) is 0 Å². The molecule has 0 fully saturated rings. The van der Waals surface area contributed by atoms with Crippen molar-refractivity contribution in [1.29, 1.82) is 0 Å². The highest BCUT2D eigenvalue weighted by molar-refractivity contribution is 5.93. The lowest BCUT2D eigenvalue weighted by Gasteiger charge is -2.17. The molecule has 0 atom stereocenters. The Morgan fingerprint density at radius 1 is 1.20 bits per heavy atom. The molecule has 1 aromatic rings. The number of nitrogens with one attached hydrogen (secondary N) is 1. The van der Waals surface area contributed by atoms with Crippen LogP contribution in [0.1, 0.15) is 43.7 Å². The lowest BCUT2D eigenvalue weighted by Crippen LogP contribution is -2.31. The minimum Gasteiger partial charge on any atom is -0.325 e. The standard InChI is InChI=1S/C17H28N2O/c1-5-6-7-8-12-19(4)13-17(20)18-16-11-9-10-14(2)15(16)3/h9-11H,5-8,12-13H2,1-4H3,(H,18,20). The molecule has 0 heterocycles. The quantitative estimate of drug-likeness (QED) is 0.733. The number of amides is 1. The molecule has 0 aromatic heterocycles. The van der Waals surface area contributed by atoms with E-state index in [1.165, 1.54) is 31.2 Å². The summed E-state index contributed by atoms with van der Waals surface area (Å²) in [5.74, 6) is 0.0664. The van der Waals surface area contributed by atoms with Gasteiger partial charge in [0.25, 0.3) is 0 Å². The van der Waals surface area contributed by atoms with Crippen molar-refractivity contribution in [3.05, 3.63) is 29.3 Å². The van der Waals surface area contributed by atoms with E-state index in [-0.39, 0.29) is 5.91 Å². The van der Waals surface area contributed by atoms with Gasteiger partial charge in [0, 0.05) is 5.69 Å². The van der Waals surface area contributed by atoms with Gasteiger partial charge < -0.3 is 5.32 Å². The highest BCUT2D eigenvalue weighted by Crippen LogP contribution is 2.17. The molecule has 1 N–H and O–H groups in total. The molecule has 0 bridgehead atoms. The molecule has 0 spiro atoms. The van der Waals surface area contributed by atoms with Gasteiger partial charge in [-0.05, 0) is 51.1 Å².